The number of hydrogen-bond donors (Lipinski definition) is 0. The second kappa shape index (κ2) is 5.86. The van der Waals surface area contributed by atoms with Gasteiger partial charge in [-0.3, -0.25) is 13.9 Å². The Balaban J connectivity index is 2.63. The molecule has 0 spiro atoms. The van der Waals surface area contributed by atoms with Gasteiger partial charge in [-0.2, -0.15) is 0 Å². The molecular weight excluding hydrogens is 381 g/mol. The van der Waals surface area contributed by atoms with Gasteiger partial charge in [-0.15, -0.1) is 0 Å². The minimum atomic E-state index is -0.779. The average Bonchev–Trinajstić information content (AvgIpc) is 2.41. The quantitative estimate of drug-likeness (QED) is 0.750. The number of benzene rings is 1. The van der Waals surface area contributed by atoms with Gasteiger partial charge in [0.1, 0.15) is 11.6 Å². The van der Waals surface area contributed by atoms with E-state index in [4.69, 9.17) is 0 Å². The van der Waals surface area contributed by atoms with Crippen LogP contribution in [0.2, 0.25) is 0 Å². The Morgan fingerprint density at radius 2 is 1.80 bits per heavy atom. The van der Waals surface area contributed by atoms with E-state index in [-0.39, 0.29) is 5.56 Å². The van der Waals surface area contributed by atoms with Gasteiger partial charge in [0, 0.05) is 18.3 Å². The van der Waals surface area contributed by atoms with Crippen molar-refractivity contribution in [1.29, 1.82) is 0 Å². The molecule has 0 bridgehead atoms. The molecule has 0 radical (unpaired) electrons. The molecule has 20 heavy (non-hydrogen) atoms. The second-order valence-corrected chi connectivity index (χ2v) is 5.30. The number of aryl methyl sites for hydroxylation is 1. The number of aromatic nitrogens is 2. The summed E-state index contributed by atoms with van der Waals surface area (Å²) < 4.78 is 29.7. The largest absolute Gasteiger partial charge is 0.331 e. The van der Waals surface area contributed by atoms with Crippen molar-refractivity contribution in [3.63, 3.8) is 0 Å². The molecule has 0 saturated carbocycles. The summed E-state index contributed by atoms with van der Waals surface area (Å²) in [7, 11) is 0. The zero-order chi connectivity index (χ0) is 14.9. The summed E-state index contributed by atoms with van der Waals surface area (Å²) in [5, 5.41) is 0. The lowest BCUT2D eigenvalue weighted by Gasteiger charge is -2.10. The zero-order valence-corrected chi connectivity index (χ0v) is 12.7. The van der Waals surface area contributed by atoms with Crippen molar-refractivity contribution in [2.24, 2.45) is 0 Å². The maximum absolute atomic E-state index is 13.6. The van der Waals surface area contributed by atoms with E-state index >= 15 is 0 Å². The van der Waals surface area contributed by atoms with Crippen LogP contribution in [-0.4, -0.2) is 9.13 Å². The maximum Gasteiger partial charge on any atom is 0.331 e. The molecule has 0 aliphatic rings. The van der Waals surface area contributed by atoms with E-state index < -0.39 is 29.4 Å². The predicted octanol–water partition coefficient (Wildman–Crippen LogP) is 1.96. The highest BCUT2D eigenvalue weighted by Crippen LogP contribution is 2.12. The fourth-order valence-electron chi connectivity index (χ4n) is 1.83. The van der Waals surface area contributed by atoms with Crippen LogP contribution in [0.1, 0.15) is 12.5 Å². The van der Waals surface area contributed by atoms with Gasteiger partial charge in [-0.1, -0.05) is 6.07 Å². The van der Waals surface area contributed by atoms with Crippen LogP contribution in [-0.2, 0) is 13.1 Å². The molecule has 0 fully saturated rings. The van der Waals surface area contributed by atoms with Gasteiger partial charge in [-0.25, -0.2) is 13.6 Å². The Morgan fingerprint density at radius 3 is 2.35 bits per heavy atom. The van der Waals surface area contributed by atoms with Crippen LogP contribution < -0.4 is 11.2 Å². The third-order valence-electron chi connectivity index (χ3n) is 2.91. The van der Waals surface area contributed by atoms with E-state index in [9.17, 15) is 18.4 Å². The molecular formula is C13H11F2IN2O2. The Kier molecular flexibility index (Phi) is 4.36. The van der Waals surface area contributed by atoms with Crippen molar-refractivity contribution in [1.82, 2.24) is 9.13 Å². The van der Waals surface area contributed by atoms with Gasteiger partial charge in [-0.05, 0) is 41.6 Å². The van der Waals surface area contributed by atoms with Crippen molar-refractivity contribution in [2.75, 3.05) is 0 Å². The first kappa shape index (κ1) is 14.9. The second-order valence-electron chi connectivity index (χ2n) is 4.14. The standard InChI is InChI=1S/C13H11F2IN2O2/c1-2-17-7-11(16)12(19)18(13(17)20)6-8-9(14)4-3-5-10(8)15/h3-5,7H,2,6H2,1H3. The first-order valence-electron chi connectivity index (χ1n) is 5.88. The smallest absolute Gasteiger partial charge is 0.300 e. The van der Waals surface area contributed by atoms with E-state index in [1.54, 1.807) is 29.5 Å². The number of nitrogens with zero attached hydrogens (tertiary/aromatic N) is 2. The van der Waals surface area contributed by atoms with E-state index in [2.05, 4.69) is 0 Å². The third-order valence-corrected chi connectivity index (χ3v) is 3.65. The maximum atomic E-state index is 13.6. The highest BCUT2D eigenvalue weighted by atomic mass is 127. The van der Waals surface area contributed by atoms with Crippen molar-refractivity contribution < 1.29 is 8.78 Å². The van der Waals surface area contributed by atoms with E-state index in [0.717, 1.165) is 16.7 Å². The molecule has 0 saturated heterocycles. The molecule has 1 aromatic carbocycles. The molecule has 1 heterocycles. The highest BCUT2D eigenvalue weighted by Gasteiger charge is 2.14. The molecule has 1 aromatic heterocycles. The Labute approximate surface area is 126 Å². The molecule has 7 heteroatoms. The minimum absolute atomic E-state index is 0.295. The highest BCUT2D eigenvalue weighted by molar-refractivity contribution is 14.1. The fourth-order valence-corrected chi connectivity index (χ4v) is 2.45. The van der Waals surface area contributed by atoms with Gasteiger partial charge in [0.2, 0.25) is 0 Å². The van der Waals surface area contributed by atoms with Gasteiger partial charge in [0.25, 0.3) is 5.56 Å². The lowest BCUT2D eigenvalue weighted by atomic mass is 10.2. The molecule has 0 aliphatic heterocycles. The number of halogens is 3. The monoisotopic (exact) mass is 392 g/mol. The van der Waals surface area contributed by atoms with Crippen LogP contribution in [0, 0.1) is 15.2 Å². The summed E-state index contributed by atoms with van der Waals surface area (Å²) in [6.45, 7) is 1.69. The summed E-state index contributed by atoms with van der Waals surface area (Å²) in [5.74, 6) is -1.56. The zero-order valence-electron chi connectivity index (χ0n) is 10.6. The van der Waals surface area contributed by atoms with E-state index in [0.29, 0.717) is 10.1 Å². The summed E-state index contributed by atoms with van der Waals surface area (Å²) in [5.41, 5.74) is -1.43. The number of hydrogen-bond acceptors (Lipinski definition) is 2. The Hall–Kier alpha value is -1.51. The van der Waals surface area contributed by atoms with Gasteiger partial charge >= 0.3 is 5.69 Å². The molecule has 0 N–H and O–H groups in total. The van der Waals surface area contributed by atoms with Gasteiger partial charge in [0.15, 0.2) is 0 Å². The summed E-state index contributed by atoms with van der Waals surface area (Å²) in [4.78, 5) is 24.1. The Morgan fingerprint density at radius 1 is 1.20 bits per heavy atom. The Bertz CT molecular complexity index is 748. The minimum Gasteiger partial charge on any atom is -0.300 e. The first-order valence-corrected chi connectivity index (χ1v) is 6.96. The summed E-state index contributed by atoms with van der Waals surface area (Å²) in [6, 6.07) is 3.42. The fraction of sp³-hybridized carbons (Fsp3) is 0.231. The first-order chi connectivity index (χ1) is 9.45. The van der Waals surface area contributed by atoms with Crippen molar-refractivity contribution in [2.45, 2.75) is 20.0 Å². The molecule has 0 atom stereocenters. The van der Waals surface area contributed by atoms with Crippen molar-refractivity contribution in [3.8, 4) is 0 Å². The third kappa shape index (κ3) is 2.67. The van der Waals surface area contributed by atoms with Crippen LogP contribution in [0.15, 0.2) is 34.0 Å². The van der Waals surface area contributed by atoms with Crippen LogP contribution >= 0.6 is 22.6 Å². The molecule has 2 aromatic rings. The summed E-state index contributed by atoms with van der Waals surface area (Å²) in [6.07, 6.45) is 1.43. The van der Waals surface area contributed by atoms with Crippen LogP contribution in [0.5, 0.6) is 0 Å². The molecule has 0 amide bonds. The summed E-state index contributed by atoms with van der Waals surface area (Å²) >= 11 is 1.80. The lowest BCUT2D eigenvalue weighted by Crippen LogP contribution is -2.41. The molecule has 4 nitrogen and oxygen atoms in total. The van der Waals surface area contributed by atoms with E-state index in [1.165, 1.54) is 16.8 Å². The topological polar surface area (TPSA) is 44.0 Å². The van der Waals surface area contributed by atoms with Gasteiger partial charge < -0.3 is 0 Å². The van der Waals surface area contributed by atoms with Crippen LogP contribution in [0.4, 0.5) is 8.78 Å². The van der Waals surface area contributed by atoms with E-state index in [1.807, 2.05) is 0 Å². The molecule has 106 valence electrons. The molecule has 0 aliphatic carbocycles. The number of rotatable bonds is 3. The van der Waals surface area contributed by atoms with Gasteiger partial charge in [0.05, 0.1) is 10.1 Å². The average molecular weight is 392 g/mol. The molecule has 0 unspecified atom stereocenters. The van der Waals surface area contributed by atoms with Crippen LogP contribution in [0.25, 0.3) is 0 Å². The van der Waals surface area contributed by atoms with Crippen molar-refractivity contribution in [3.05, 3.63) is 66.0 Å². The normalized spacial score (nSPS) is 10.8. The molecule has 2 rings (SSSR count). The lowest BCUT2D eigenvalue weighted by molar-refractivity contribution is 0.523. The van der Waals surface area contributed by atoms with Crippen LogP contribution in [0.3, 0.4) is 0 Å². The predicted molar refractivity (Wildman–Crippen MR) is 78.8 cm³/mol. The SMILES string of the molecule is CCn1cc(I)c(=O)n(Cc2c(F)cccc2F)c1=O. The van der Waals surface area contributed by atoms with Crippen molar-refractivity contribution >= 4 is 22.6 Å².